The number of phenols is 1. The minimum absolute atomic E-state index is 0.0540. The average Bonchev–Trinajstić information content (AvgIpc) is 3.13. The quantitative estimate of drug-likeness (QED) is 0.812. The van der Waals surface area contributed by atoms with Crippen molar-refractivity contribution in [2.75, 3.05) is 6.61 Å². The lowest BCUT2D eigenvalue weighted by atomic mass is 10.2. The number of hydrogen-bond acceptors (Lipinski definition) is 4. The maximum absolute atomic E-state index is 11.6. The predicted octanol–water partition coefficient (Wildman–Crippen LogP) is 1.48. The van der Waals surface area contributed by atoms with Gasteiger partial charge in [0.1, 0.15) is 11.3 Å². The molecule has 1 aromatic rings. The van der Waals surface area contributed by atoms with E-state index in [0.29, 0.717) is 5.02 Å². The summed E-state index contributed by atoms with van der Waals surface area (Å²) in [6.45, 7) is -0.360. The van der Waals surface area contributed by atoms with E-state index in [0.717, 1.165) is 12.8 Å². The molecule has 18 heavy (non-hydrogen) atoms. The largest absolute Gasteiger partial charge is 0.507 e. The SMILES string of the molecule is O=C(COC(=O)c1cc(Cl)ccc1O)NC1CC1. The highest BCUT2D eigenvalue weighted by atomic mass is 35.5. The molecule has 2 N–H and O–H groups in total. The van der Waals surface area contributed by atoms with Crippen LogP contribution in [-0.4, -0.2) is 29.6 Å². The summed E-state index contributed by atoms with van der Waals surface area (Å²) in [6.07, 6.45) is 1.93. The highest BCUT2D eigenvalue weighted by molar-refractivity contribution is 6.31. The van der Waals surface area contributed by atoms with E-state index in [1.165, 1.54) is 18.2 Å². The van der Waals surface area contributed by atoms with Crippen molar-refractivity contribution in [1.82, 2.24) is 5.32 Å². The molecule has 1 aliphatic rings. The van der Waals surface area contributed by atoms with Gasteiger partial charge in [-0.15, -0.1) is 0 Å². The Bertz CT molecular complexity index is 485. The standard InChI is InChI=1S/C12H12ClNO4/c13-7-1-4-10(15)9(5-7)12(17)18-6-11(16)14-8-2-3-8/h1,4-5,8,15H,2-3,6H2,(H,14,16). The number of benzene rings is 1. The van der Waals surface area contributed by atoms with E-state index in [9.17, 15) is 14.7 Å². The van der Waals surface area contributed by atoms with Crippen molar-refractivity contribution in [3.8, 4) is 5.75 Å². The van der Waals surface area contributed by atoms with E-state index < -0.39 is 5.97 Å². The molecule has 0 aromatic heterocycles. The molecule has 1 fully saturated rings. The maximum atomic E-state index is 11.6. The van der Waals surface area contributed by atoms with Gasteiger partial charge in [-0.3, -0.25) is 4.79 Å². The lowest BCUT2D eigenvalue weighted by molar-refractivity contribution is -0.124. The highest BCUT2D eigenvalue weighted by Gasteiger charge is 2.24. The van der Waals surface area contributed by atoms with Gasteiger partial charge in [-0.25, -0.2) is 4.79 Å². The Hall–Kier alpha value is -1.75. The Kier molecular flexibility index (Phi) is 3.72. The molecule has 2 rings (SSSR count). The van der Waals surface area contributed by atoms with E-state index in [4.69, 9.17) is 16.3 Å². The molecule has 6 heteroatoms. The van der Waals surface area contributed by atoms with Gasteiger partial charge in [0.2, 0.25) is 0 Å². The summed E-state index contributed by atoms with van der Waals surface area (Å²) in [5.74, 6) is -1.35. The molecule has 1 aromatic carbocycles. The van der Waals surface area contributed by atoms with E-state index in [2.05, 4.69) is 5.32 Å². The smallest absolute Gasteiger partial charge is 0.342 e. The maximum Gasteiger partial charge on any atom is 0.342 e. The van der Waals surface area contributed by atoms with Crippen LogP contribution in [0.1, 0.15) is 23.2 Å². The number of esters is 1. The van der Waals surface area contributed by atoms with Crippen molar-refractivity contribution in [1.29, 1.82) is 0 Å². The molecule has 0 atom stereocenters. The summed E-state index contributed by atoms with van der Waals surface area (Å²) in [5, 5.41) is 12.5. The van der Waals surface area contributed by atoms with Gasteiger partial charge < -0.3 is 15.2 Å². The monoisotopic (exact) mass is 269 g/mol. The van der Waals surface area contributed by atoms with Crippen LogP contribution in [0.15, 0.2) is 18.2 Å². The van der Waals surface area contributed by atoms with E-state index in [1.54, 1.807) is 0 Å². The molecule has 0 spiro atoms. The van der Waals surface area contributed by atoms with Crippen LogP contribution in [0.3, 0.4) is 0 Å². The van der Waals surface area contributed by atoms with Crippen LogP contribution in [0.25, 0.3) is 0 Å². The van der Waals surface area contributed by atoms with Crippen molar-refractivity contribution < 1.29 is 19.4 Å². The van der Waals surface area contributed by atoms with Crippen LogP contribution in [-0.2, 0) is 9.53 Å². The van der Waals surface area contributed by atoms with Gasteiger partial charge in [0.25, 0.3) is 5.91 Å². The number of ether oxygens (including phenoxy) is 1. The Morgan fingerprint density at radius 3 is 2.83 bits per heavy atom. The number of carbonyl (C=O) groups is 2. The first kappa shape index (κ1) is 12.7. The van der Waals surface area contributed by atoms with Crippen LogP contribution in [0.2, 0.25) is 5.02 Å². The van der Waals surface area contributed by atoms with E-state index in [1.807, 2.05) is 0 Å². The van der Waals surface area contributed by atoms with E-state index in [-0.39, 0.29) is 29.9 Å². The van der Waals surface area contributed by atoms with Crippen molar-refractivity contribution in [2.24, 2.45) is 0 Å². The molecule has 0 saturated heterocycles. The zero-order valence-electron chi connectivity index (χ0n) is 9.48. The summed E-state index contributed by atoms with van der Waals surface area (Å²) >= 11 is 5.70. The number of nitrogens with one attached hydrogen (secondary N) is 1. The summed E-state index contributed by atoms with van der Waals surface area (Å²) < 4.78 is 4.78. The zero-order chi connectivity index (χ0) is 13.1. The summed E-state index contributed by atoms with van der Waals surface area (Å²) in [4.78, 5) is 22.9. The van der Waals surface area contributed by atoms with Crippen LogP contribution >= 0.6 is 11.6 Å². The number of hydrogen-bond donors (Lipinski definition) is 2. The first-order valence-electron chi connectivity index (χ1n) is 5.51. The molecule has 5 nitrogen and oxygen atoms in total. The minimum Gasteiger partial charge on any atom is -0.507 e. The fourth-order valence-corrected chi connectivity index (χ4v) is 1.55. The van der Waals surface area contributed by atoms with Crippen molar-refractivity contribution >= 4 is 23.5 Å². The first-order chi connectivity index (χ1) is 8.56. The molecular formula is C12H12ClNO4. The van der Waals surface area contributed by atoms with Crippen LogP contribution in [0.5, 0.6) is 5.75 Å². The summed E-state index contributed by atoms with van der Waals surface area (Å²) in [7, 11) is 0. The Balaban J connectivity index is 1.90. The lowest BCUT2D eigenvalue weighted by Gasteiger charge is -2.07. The Morgan fingerprint density at radius 1 is 1.44 bits per heavy atom. The third-order valence-corrected chi connectivity index (χ3v) is 2.69. The van der Waals surface area contributed by atoms with Gasteiger partial charge in [0.15, 0.2) is 6.61 Å². The fraction of sp³-hybridized carbons (Fsp3) is 0.333. The molecule has 96 valence electrons. The number of rotatable bonds is 4. The zero-order valence-corrected chi connectivity index (χ0v) is 10.2. The lowest BCUT2D eigenvalue weighted by Crippen LogP contribution is -2.30. The molecule has 0 aliphatic heterocycles. The number of aromatic hydroxyl groups is 1. The third kappa shape index (κ3) is 3.37. The van der Waals surface area contributed by atoms with Gasteiger partial charge in [-0.2, -0.15) is 0 Å². The van der Waals surface area contributed by atoms with Crippen LogP contribution in [0.4, 0.5) is 0 Å². The normalized spacial score (nSPS) is 14.1. The first-order valence-corrected chi connectivity index (χ1v) is 5.89. The second kappa shape index (κ2) is 5.27. The number of amides is 1. The molecule has 0 radical (unpaired) electrons. The highest BCUT2D eigenvalue weighted by Crippen LogP contribution is 2.22. The van der Waals surface area contributed by atoms with Gasteiger partial charge in [-0.05, 0) is 31.0 Å². The minimum atomic E-state index is -0.777. The molecule has 0 unspecified atom stereocenters. The van der Waals surface area contributed by atoms with E-state index >= 15 is 0 Å². The van der Waals surface area contributed by atoms with Crippen molar-refractivity contribution in [3.05, 3.63) is 28.8 Å². The molecule has 1 saturated carbocycles. The third-order valence-electron chi connectivity index (χ3n) is 2.46. The summed E-state index contributed by atoms with van der Waals surface area (Å²) in [6, 6.07) is 4.25. The average molecular weight is 270 g/mol. The topological polar surface area (TPSA) is 75.6 Å². The van der Waals surface area contributed by atoms with Crippen molar-refractivity contribution in [3.63, 3.8) is 0 Å². The molecule has 1 amide bonds. The second-order valence-corrected chi connectivity index (χ2v) is 4.52. The predicted molar refractivity (Wildman–Crippen MR) is 64.6 cm³/mol. The van der Waals surface area contributed by atoms with Gasteiger partial charge in [0.05, 0.1) is 0 Å². The van der Waals surface area contributed by atoms with Gasteiger partial charge in [0, 0.05) is 11.1 Å². The van der Waals surface area contributed by atoms with Gasteiger partial charge >= 0.3 is 5.97 Å². The fourth-order valence-electron chi connectivity index (χ4n) is 1.38. The molecule has 0 heterocycles. The molecule has 1 aliphatic carbocycles. The number of halogens is 1. The molecule has 0 bridgehead atoms. The number of phenolic OH excluding ortho intramolecular Hbond substituents is 1. The molecular weight excluding hydrogens is 258 g/mol. The Morgan fingerprint density at radius 2 is 2.17 bits per heavy atom. The summed E-state index contributed by atoms with van der Waals surface area (Å²) in [5.41, 5.74) is -0.0540. The van der Waals surface area contributed by atoms with Crippen LogP contribution < -0.4 is 5.32 Å². The number of carbonyl (C=O) groups excluding carboxylic acids is 2. The second-order valence-electron chi connectivity index (χ2n) is 4.08. The van der Waals surface area contributed by atoms with Crippen LogP contribution in [0, 0.1) is 0 Å². The van der Waals surface area contributed by atoms with Gasteiger partial charge in [-0.1, -0.05) is 11.6 Å². The van der Waals surface area contributed by atoms with Crippen molar-refractivity contribution in [2.45, 2.75) is 18.9 Å². The Labute approximate surface area is 109 Å².